The van der Waals surface area contributed by atoms with Gasteiger partial charge in [0.05, 0.1) is 6.10 Å². The third-order valence-electron chi connectivity index (χ3n) is 3.37. The molecule has 2 nitrogen and oxygen atoms in total. The molecule has 0 unspecified atom stereocenters. The minimum atomic E-state index is -4.64. The number of alkyl halides is 3. The Morgan fingerprint density at radius 3 is 2.67 bits per heavy atom. The van der Waals surface area contributed by atoms with Gasteiger partial charge in [-0.25, -0.2) is 0 Å². The van der Waals surface area contributed by atoms with E-state index in [1.54, 1.807) is 12.1 Å². The summed E-state index contributed by atoms with van der Waals surface area (Å²) in [6.45, 7) is 1.39. The maximum absolute atomic E-state index is 13.4. The number of ether oxygens (including phenoxy) is 1. The second kappa shape index (κ2) is 4.55. The zero-order valence-electron chi connectivity index (χ0n) is 10.00. The first-order valence-corrected chi connectivity index (χ1v) is 5.90. The molecule has 0 aromatic heterocycles. The van der Waals surface area contributed by atoms with Crippen molar-refractivity contribution < 1.29 is 23.0 Å². The Hall–Kier alpha value is -1.07. The SMILES string of the molecule is CCO[C@@]1(C(F)(F)F)c2ccccc2CC[C@H]1O. The average molecular weight is 260 g/mol. The smallest absolute Gasteiger partial charge is 0.389 e. The van der Waals surface area contributed by atoms with Crippen LogP contribution >= 0.6 is 0 Å². The third-order valence-corrected chi connectivity index (χ3v) is 3.37. The predicted octanol–water partition coefficient (Wildman–Crippen LogP) is 2.79. The number of benzene rings is 1. The fourth-order valence-corrected chi connectivity index (χ4v) is 2.60. The Bertz CT molecular complexity index is 430. The van der Waals surface area contributed by atoms with Crippen LogP contribution in [0, 0.1) is 0 Å². The monoisotopic (exact) mass is 260 g/mol. The van der Waals surface area contributed by atoms with Crippen molar-refractivity contribution in [1.29, 1.82) is 0 Å². The van der Waals surface area contributed by atoms with Gasteiger partial charge in [-0.05, 0) is 30.9 Å². The molecule has 2 atom stereocenters. The molecular formula is C13H15F3O2. The van der Waals surface area contributed by atoms with Crippen molar-refractivity contribution >= 4 is 0 Å². The molecule has 1 aliphatic carbocycles. The highest BCUT2D eigenvalue weighted by atomic mass is 19.4. The minimum absolute atomic E-state index is 0.0399. The summed E-state index contributed by atoms with van der Waals surface area (Å²) in [6.07, 6.45) is -5.72. The van der Waals surface area contributed by atoms with Gasteiger partial charge in [0.15, 0.2) is 0 Å². The summed E-state index contributed by atoms with van der Waals surface area (Å²) in [6, 6.07) is 6.28. The van der Waals surface area contributed by atoms with Crippen LogP contribution in [0.5, 0.6) is 0 Å². The van der Waals surface area contributed by atoms with E-state index < -0.39 is 17.9 Å². The highest BCUT2D eigenvalue weighted by Crippen LogP contribution is 2.49. The van der Waals surface area contributed by atoms with Crippen LogP contribution < -0.4 is 0 Å². The summed E-state index contributed by atoms with van der Waals surface area (Å²) in [5, 5.41) is 9.89. The Balaban J connectivity index is 2.63. The summed E-state index contributed by atoms with van der Waals surface area (Å²) in [7, 11) is 0. The highest BCUT2D eigenvalue weighted by molar-refractivity contribution is 5.38. The lowest BCUT2D eigenvalue weighted by Gasteiger charge is -2.43. The van der Waals surface area contributed by atoms with E-state index in [1.807, 2.05) is 0 Å². The number of fused-ring (bicyclic) bond motifs is 1. The Morgan fingerprint density at radius 1 is 1.39 bits per heavy atom. The molecule has 2 rings (SSSR count). The highest BCUT2D eigenvalue weighted by Gasteiger charge is 2.63. The second-order valence-corrected chi connectivity index (χ2v) is 4.38. The van der Waals surface area contributed by atoms with Crippen molar-refractivity contribution in [3.05, 3.63) is 35.4 Å². The van der Waals surface area contributed by atoms with Gasteiger partial charge < -0.3 is 9.84 Å². The van der Waals surface area contributed by atoms with Gasteiger partial charge in [-0.15, -0.1) is 0 Å². The van der Waals surface area contributed by atoms with Gasteiger partial charge in [0.1, 0.15) is 0 Å². The van der Waals surface area contributed by atoms with E-state index in [1.165, 1.54) is 19.1 Å². The molecular weight excluding hydrogens is 245 g/mol. The van der Waals surface area contributed by atoms with Gasteiger partial charge >= 0.3 is 6.18 Å². The van der Waals surface area contributed by atoms with Crippen molar-refractivity contribution in [3.63, 3.8) is 0 Å². The van der Waals surface area contributed by atoms with Crippen LogP contribution in [-0.4, -0.2) is 24.0 Å². The zero-order chi connectivity index (χ0) is 13.4. The fraction of sp³-hybridized carbons (Fsp3) is 0.538. The fourth-order valence-electron chi connectivity index (χ4n) is 2.60. The first-order chi connectivity index (χ1) is 8.43. The summed E-state index contributed by atoms with van der Waals surface area (Å²) in [4.78, 5) is 0. The molecule has 1 aromatic rings. The number of hydrogen-bond donors (Lipinski definition) is 1. The van der Waals surface area contributed by atoms with Crippen molar-refractivity contribution in [2.24, 2.45) is 0 Å². The lowest BCUT2D eigenvalue weighted by molar-refractivity contribution is -0.317. The Kier molecular flexibility index (Phi) is 3.38. The maximum atomic E-state index is 13.4. The van der Waals surface area contributed by atoms with Crippen LogP contribution in [-0.2, 0) is 16.8 Å². The first-order valence-electron chi connectivity index (χ1n) is 5.90. The van der Waals surface area contributed by atoms with Gasteiger partial charge in [-0.1, -0.05) is 24.3 Å². The van der Waals surface area contributed by atoms with Gasteiger partial charge in [-0.3, -0.25) is 0 Å². The van der Waals surface area contributed by atoms with Gasteiger partial charge in [0.25, 0.3) is 0 Å². The summed E-state index contributed by atoms with van der Waals surface area (Å²) in [5.41, 5.74) is -1.96. The minimum Gasteiger partial charge on any atom is -0.389 e. The van der Waals surface area contributed by atoms with E-state index in [0.29, 0.717) is 12.0 Å². The molecule has 0 aliphatic heterocycles. The molecule has 1 aromatic carbocycles. The molecule has 18 heavy (non-hydrogen) atoms. The van der Waals surface area contributed by atoms with Gasteiger partial charge in [0.2, 0.25) is 5.60 Å². The van der Waals surface area contributed by atoms with Crippen LogP contribution in [0.4, 0.5) is 13.2 Å². The lowest BCUT2D eigenvalue weighted by atomic mass is 9.76. The third kappa shape index (κ3) is 1.82. The summed E-state index contributed by atoms with van der Waals surface area (Å²) >= 11 is 0. The molecule has 1 aliphatic rings. The van der Waals surface area contributed by atoms with E-state index in [9.17, 15) is 18.3 Å². The Morgan fingerprint density at radius 2 is 2.06 bits per heavy atom. The average Bonchev–Trinajstić information content (AvgIpc) is 2.31. The Labute approximate surface area is 103 Å². The van der Waals surface area contributed by atoms with Crippen molar-refractivity contribution in [2.75, 3.05) is 6.61 Å². The van der Waals surface area contributed by atoms with Crippen molar-refractivity contribution in [3.8, 4) is 0 Å². The summed E-state index contributed by atoms with van der Waals surface area (Å²) in [5.74, 6) is 0. The second-order valence-electron chi connectivity index (χ2n) is 4.38. The van der Waals surface area contributed by atoms with Crippen LogP contribution in [0.3, 0.4) is 0 Å². The van der Waals surface area contributed by atoms with Gasteiger partial charge in [-0.2, -0.15) is 13.2 Å². The quantitative estimate of drug-likeness (QED) is 0.886. The van der Waals surface area contributed by atoms with E-state index >= 15 is 0 Å². The normalized spacial score (nSPS) is 27.9. The molecule has 1 N–H and O–H groups in total. The first kappa shape index (κ1) is 13.4. The molecule has 0 heterocycles. The maximum Gasteiger partial charge on any atom is 0.424 e. The molecule has 0 radical (unpaired) electrons. The van der Waals surface area contributed by atoms with E-state index in [-0.39, 0.29) is 18.6 Å². The molecule has 0 amide bonds. The van der Waals surface area contributed by atoms with E-state index in [2.05, 4.69) is 0 Å². The largest absolute Gasteiger partial charge is 0.424 e. The van der Waals surface area contributed by atoms with E-state index in [4.69, 9.17) is 4.74 Å². The number of aryl methyl sites for hydroxylation is 1. The molecule has 0 saturated carbocycles. The molecule has 0 bridgehead atoms. The molecule has 5 heteroatoms. The number of aliphatic hydroxyl groups is 1. The number of hydrogen-bond acceptors (Lipinski definition) is 2. The molecule has 100 valence electrons. The standard InChI is InChI=1S/C13H15F3O2/c1-2-18-12(13(14,15)16)10-6-4-3-5-9(10)7-8-11(12)17/h3-6,11,17H,2,7-8H2,1H3/t11-,12+/m1/s1. The number of aliphatic hydroxyl groups excluding tert-OH is 1. The molecule has 0 saturated heterocycles. The zero-order valence-corrected chi connectivity index (χ0v) is 10.00. The topological polar surface area (TPSA) is 29.5 Å². The van der Waals surface area contributed by atoms with Crippen LogP contribution in [0.15, 0.2) is 24.3 Å². The summed E-state index contributed by atoms with van der Waals surface area (Å²) < 4.78 is 45.3. The number of rotatable bonds is 2. The molecule has 0 spiro atoms. The van der Waals surface area contributed by atoms with Crippen molar-refractivity contribution in [2.45, 2.75) is 37.6 Å². The molecule has 0 fully saturated rings. The lowest BCUT2D eigenvalue weighted by Crippen LogP contribution is -2.56. The number of halogens is 3. The van der Waals surface area contributed by atoms with Crippen LogP contribution in [0.2, 0.25) is 0 Å². The van der Waals surface area contributed by atoms with Gasteiger partial charge in [0, 0.05) is 6.61 Å². The van der Waals surface area contributed by atoms with E-state index in [0.717, 1.165) is 0 Å². The van der Waals surface area contributed by atoms with Crippen molar-refractivity contribution in [1.82, 2.24) is 0 Å². The predicted molar refractivity (Wildman–Crippen MR) is 60.1 cm³/mol. The van der Waals surface area contributed by atoms with Crippen LogP contribution in [0.25, 0.3) is 0 Å². The van der Waals surface area contributed by atoms with Crippen LogP contribution in [0.1, 0.15) is 24.5 Å².